The fourth-order valence-corrected chi connectivity index (χ4v) is 4.36. The summed E-state index contributed by atoms with van der Waals surface area (Å²) in [5, 5.41) is 3.45. The number of hydrogen-bond donors (Lipinski definition) is 2. The first-order chi connectivity index (χ1) is 14.8. The molecule has 0 bridgehead atoms. The number of methoxy groups -OCH3 is 1. The van der Waals surface area contributed by atoms with Gasteiger partial charge in [0.1, 0.15) is 11.8 Å². The molecule has 1 fully saturated rings. The van der Waals surface area contributed by atoms with Crippen LogP contribution < -0.4 is 15.8 Å². The van der Waals surface area contributed by atoms with Crippen molar-refractivity contribution < 1.29 is 41.0 Å². The van der Waals surface area contributed by atoms with E-state index in [-0.39, 0.29) is 16.4 Å². The van der Waals surface area contributed by atoms with E-state index < -0.39 is 58.9 Å². The number of primary amides is 1. The Morgan fingerprint density at radius 3 is 2.50 bits per heavy atom. The number of ether oxygens (including phenoxy) is 2. The van der Waals surface area contributed by atoms with Crippen molar-refractivity contribution in [3.63, 3.8) is 0 Å². The molecule has 1 saturated heterocycles. The number of nitrogens with zero attached hydrogens (tertiary/aromatic N) is 1. The molecule has 1 aromatic carbocycles. The number of aromatic nitrogens is 1. The van der Waals surface area contributed by atoms with Crippen molar-refractivity contribution in [2.45, 2.75) is 37.6 Å². The summed E-state index contributed by atoms with van der Waals surface area (Å²) in [6.45, 7) is 1.97. The van der Waals surface area contributed by atoms with Crippen molar-refractivity contribution in [3.05, 3.63) is 40.4 Å². The summed E-state index contributed by atoms with van der Waals surface area (Å²) in [6, 6.07) is 1.79. The highest BCUT2D eigenvalue weighted by atomic mass is 32.1. The van der Waals surface area contributed by atoms with Gasteiger partial charge >= 0.3 is 6.18 Å². The summed E-state index contributed by atoms with van der Waals surface area (Å²) >= 11 is 0.824. The predicted octanol–water partition coefficient (Wildman–Crippen LogP) is 3.61. The highest BCUT2D eigenvalue weighted by Crippen LogP contribution is 2.55. The van der Waals surface area contributed by atoms with Gasteiger partial charge in [-0.15, -0.1) is 11.3 Å². The van der Waals surface area contributed by atoms with Gasteiger partial charge in [0.2, 0.25) is 5.82 Å². The number of carbonyl (C=O) groups is 2. The zero-order chi connectivity index (χ0) is 24.0. The second-order valence-electron chi connectivity index (χ2n) is 7.33. The number of hydrogen-bond acceptors (Lipinski definition) is 6. The molecule has 13 heteroatoms. The summed E-state index contributed by atoms with van der Waals surface area (Å²) in [7, 11) is 1.03. The highest BCUT2D eigenvalue weighted by Gasteiger charge is 2.66. The van der Waals surface area contributed by atoms with Gasteiger partial charge in [-0.25, -0.2) is 9.37 Å². The van der Waals surface area contributed by atoms with Crippen LogP contribution in [0.2, 0.25) is 0 Å². The van der Waals surface area contributed by atoms with Crippen LogP contribution in [0.25, 0.3) is 0 Å². The molecular weight excluding hydrogens is 461 g/mol. The molecule has 0 radical (unpaired) electrons. The molecule has 4 atom stereocenters. The molecule has 0 spiro atoms. The number of benzene rings is 1. The lowest BCUT2D eigenvalue weighted by Crippen LogP contribution is -2.47. The third-order valence-corrected chi connectivity index (χ3v) is 6.31. The minimum absolute atomic E-state index is 0.100. The average Bonchev–Trinajstić information content (AvgIpc) is 3.27. The first-order valence-corrected chi connectivity index (χ1v) is 10.0. The fraction of sp³-hybridized carbons (Fsp3) is 0.421. The van der Waals surface area contributed by atoms with Gasteiger partial charge < -0.3 is 15.2 Å². The Balaban J connectivity index is 2.06. The lowest BCUT2D eigenvalue weighted by Gasteiger charge is -2.32. The minimum atomic E-state index is -4.88. The zero-order valence-corrected chi connectivity index (χ0v) is 17.7. The molecule has 2 heterocycles. The number of rotatable bonds is 5. The van der Waals surface area contributed by atoms with Crippen LogP contribution in [-0.4, -0.2) is 41.8 Å². The summed E-state index contributed by atoms with van der Waals surface area (Å²) in [5.74, 6) is -7.92. The van der Waals surface area contributed by atoms with Crippen LogP contribution in [0, 0.1) is 17.6 Å². The van der Waals surface area contributed by atoms with Crippen LogP contribution in [0.4, 0.5) is 27.1 Å². The standard InChI is InChI=1S/C19H18F5N3O4S/c1-7-11(8-4-5-9(20)12(21)13(8)30-3)14(31-18(7,2)19(22,23)24)16(29)27-17-26-10(6-32-17)15(25)28/h4-7,11,14H,1-3H3,(H2,25,28)(H,26,27,29)/t7-,11-,14+,18+/m0/s1. The minimum Gasteiger partial charge on any atom is -0.493 e. The highest BCUT2D eigenvalue weighted by molar-refractivity contribution is 7.14. The number of nitrogens with one attached hydrogen (secondary N) is 1. The van der Waals surface area contributed by atoms with Gasteiger partial charge in [0, 0.05) is 22.8 Å². The van der Waals surface area contributed by atoms with E-state index in [1.54, 1.807) is 0 Å². The number of halogens is 5. The van der Waals surface area contributed by atoms with E-state index in [0.717, 1.165) is 37.5 Å². The van der Waals surface area contributed by atoms with Crippen molar-refractivity contribution in [2.75, 3.05) is 12.4 Å². The molecular formula is C19H18F5N3O4S. The van der Waals surface area contributed by atoms with Crippen molar-refractivity contribution in [2.24, 2.45) is 11.7 Å². The van der Waals surface area contributed by atoms with Crippen LogP contribution in [0.3, 0.4) is 0 Å². The Bertz CT molecular complexity index is 1060. The van der Waals surface area contributed by atoms with Crippen molar-refractivity contribution in [3.8, 4) is 5.75 Å². The van der Waals surface area contributed by atoms with Crippen LogP contribution in [-0.2, 0) is 9.53 Å². The maximum atomic E-state index is 14.3. The largest absolute Gasteiger partial charge is 0.493 e. The monoisotopic (exact) mass is 479 g/mol. The van der Waals surface area contributed by atoms with Crippen molar-refractivity contribution >= 4 is 28.3 Å². The maximum Gasteiger partial charge on any atom is 0.417 e. The molecule has 0 saturated carbocycles. The smallest absolute Gasteiger partial charge is 0.417 e. The number of thiazole rings is 1. The lowest BCUT2D eigenvalue weighted by molar-refractivity contribution is -0.272. The Hall–Kier alpha value is -2.80. The molecule has 7 nitrogen and oxygen atoms in total. The molecule has 174 valence electrons. The van der Waals surface area contributed by atoms with E-state index in [9.17, 15) is 31.5 Å². The summed E-state index contributed by atoms with van der Waals surface area (Å²) < 4.78 is 79.8. The normalized spacial score (nSPS) is 25.6. The number of alkyl halides is 3. The lowest BCUT2D eigenvalue weighted by atomic mass is 9.77. The number of anilines is 1. The third kappa shape index (κ3) is 3.90. The number of amides is 2. The van der Waals surface area contributed by atoms with Gasteiger partial charge in [0.15, 0.2) is 22.3 Å². The fourth-order valence-electron chi connectivity index (χ4n) is 3.66. The molecule has 2 amide bonds. The third-order valence-electron chi connectivity index (χ3n) is 5.56. The molecule has 0 aliphatic carbocycles. The average molecular weight is 479 g/mol. The van der Waals surface area contributed by atoms with Crippen LogP contribution in [0.1, 0.15) is 35.8 Å². The summed E-state index contributed by atoms with van der Waals surface area (Å²) in [6.07, 6.45) is -6.65. The van der Waals surface area contributed by atoms with Crippen molar-refractivity contribution in [1.82, 2.24) is 4.98 Å². The zero-order valence-electron chi connectivity index (χ0n) is 16.9. The summed E-state index contributed by atoms with van der Waals surface area (Å²) in [5.41, 5.74) is 2.01. The first-order valence-electron chi connectivity index (χ1n) is 9.14. The molecule has 1 aliphatic rings. The van der Waals surface area contributed by atoms with E-state index in [0.29, 0.717) is 0 Å². The molecule has 1 aromatic heterocycles. The first kappa shape index (κ1) is 23.9. The molecule has 1 aliphatic heterocycles. The van der Waals surface area contributed by atoms with E-state index in [4.69, 9.17) is 15.2 Å². The van der Waals surface area contributed by atoms with E-state index in [1.807, 2.05) is 0 Å². The molecule has 3 rings (SSSR count). The van der Waals surface area contributed by atoms with Crippen LogP contribution >= 0.6 is 11.3 Å². The Labute approximate surface area is 182 Å². The van der Waals surface area contributed by atoms with Crippen LogP contribution in [0.15, 0.2) is 17.5 Å². The maximum absolute atomic E-state index is 14.3. The van der Waals surface area contributed by atoms with Gasteiger partial charge in [-0.2, -0.15) is 17.6 Å². The van der Waals surface area contributed by atoms with Crippen LogP contribution in [0.5, 0.6) is 5.75 Å². The topological polar surface area (TPSA) is 104 Å². The van der Waals surface area contributed by atoms with Gasteiger partial charge in [-0.05, 0) is 13.0 Å². The van der Waals surface area contributed by atoms with Gasteiger partial charge in [-0.1, -0.05) is 13.0 Å². The molecule has 3 N–H and O–H groups in total. The number of nitrogens with two attached hydrogens (primary N) is 1. The molecule has 0 unspecified atom stereocenters. The van der Waals surface area contributed by atoms with E-state index >= 15 is 0 Å². The van der Waals surface area contributed by atoms with Gasteiger partial charge in [0.05, 0.1) is 7.11 Å². The van der Waals surface area contributed by atoms with Crippen molar-refractivity contribution in [1.29, 1.82) is 0 Å². The van der Waals surface area contributed by atoms with Gasteiger partial charge in [0.25, 0.3) is 11.8 Å². The Kier molecular flexibility index (Phi) is 6.17. The summed E-state index contributed by atoms with van der Waals surface area (Å²) in [4.78, 5) is 27.9. The molecule has 2 aromatic rings. The Morgan fingerprint density at radius 2 is 1.97 bits per heavy atom. The predicted molar refractivity (Wildman–Crippen MR) is 103 cm³/mol. The number of carbonyl (C=O) groups excluding carboxylic acids is 2. The van der Waals surface area contributed by atoms with E-state index in [1.165, 1.54) is 12.3 Å². The molecule has 32 heavy (non-hydrogen) atoms. The quantitative estimate of drug-likeness (QED) is 0.638. The second kappa shape index (κ2) is 8.28. The van der Waals surface area contributed by atoms with E-state index in [2.05, 4.69) is 10.3 Å². The Morgan fingerprint density at radius 1 is 1.31 bits per heavy atom. The van der Waals surface area contributed by atoms with Gasteiger partial charge in [-0.3, -0.25) is 14.9 Å². The SMILES string of the molecule is COc1c([C@H]2[C@H](C(=O)Nc3nc(C(N)=O)cs3)O[C@@](C)(C(F)(F)F)[C@H]2C)ccc(F)c1F. The second-order valence-corrected chi connectivity index (χ2v) is 8.19.